The Morgan fingerprint density at radius 2 is 2.17 bits per heavy atom. The first-order chi connectivity index (χ1) is 8.60. The van der Waals surface area contributed by atoms with Crippen molar-refractivity contribution in [2.45, 2.75) is 65.3 Å². The lowest BCUT2D eigenvalue weighted by Gasteiger charge is -2.47. The van der Waals surface area contributed by atoms with Crippen LogP contribution in [-0.4, -0.2) is 6.04 Å². The van der Waals surface area contributed by atoms with Gasteiger partial charge in [0.05, 0.1) is 0 Å². The summed E-state index contributed by atoms with van der Waals surface area (Å²) < 4.78 is 0. The van der Waals surface area contributed by atoms with Crippen molar-refractivity contribution in [1.82, 2.24) is 5.32 Å². The summed E-state index contributed by atoms with van der Waals surface area (Å²) in [5.74, 6) is 0. The Morgan fingerprint density at radius 1 is 1.44 bits per heavy atom. The first kappa shape index (κ1) is 13.5. The maximum absolute atomic E-state index is 4.03. The Bertz CT molecular complexity index is 380. The number of hydrogen-bond acceptors (Lipinski definition) is 1. The molecule has 2 aliphatic rings. The fourth-order valence-corrected chi connectivity index (χ4v) is 3.50. The van der Waals surface area contributed by atoms with Crippen LogP contribution in [0.3, 0.4) is 0 Å². The highest BCUT2D eigenvalue weighted by Crippen LogP contribution is 2.46. The SMILES string of the molecule is C=CC1(CCC)CC(NC2=C(C)CCC=C2C)C1. The zero-order valence-electron chi connectivity index (χ0n) is 12.2. The average Bonchev–Trinajstić information content (AvgIpc) is 2.30. The van der Waals surface area contributed by atoms with Crippen molar-refractivity contribution >= 4 is 0 Å². The highest BCUT2D eigenvalue weighted by Gasteiger charge is 2.41. The van der Waals surface area contributed by atoms with Crippen LogP contribution < -0.4 is 5.32 Å². The highest BCUT2D eigenvalue weighted by atomic mass is 15.0. The molecule has 0 aromatic carbocycles. The Labute approximate surface area is 112 Å². The van der Waals surface area contributed by atoms with E-state index in [1.807, 2.05) is 0 Å². The molecule has 0 bridgehead atoms. The van der Waals surface area contributed by atoms with Crippen LogP contribution in [0, 0.1) is 5.41 Å². The zero-order valence-corrected chi connectivity index (χ0v) is 12.2. The van der Waals surface area contributed by atoms with E-state index >= 15 is 0 Å². The van der Waals surface area contributed by atoms with Crippen LogP contribution in [0.2, 0.25) is 0 Å². The van der Waals surface area contributed by atoms with Crippen molar-refractivity contribution in [3.63, 3.8) is 0 Å². The third-order valence-electron chi connectivity index (χ3n) is 4.63. The largest absolute Gasteiger partial charge is 0.382 e. The van der Waals surface area contributed by atoms with Gasteiger partial charge in [0.2, 0.25) is 0 Å². The van der Waals surface area contributed by atoms with Crippen molar-refractivity contribution in [3.05, 3.63) is 35.6 Å². The molecule has 0 spiro atoms. The molecule has 1 fully saturated rings. The topological polar surface area (TPSA) is 12.0 Å². The third kappa shape index (κ3) is 2.55. The Hall–Kier alpha value is -0.980. The summed E-state index contributed by atoms with van der Waals surface area (Å²) in [6.07, 6.45) is 12.1. The molecule has 100 valence electrons. The molecular weight excluding hydrogens is 218 g/mol. The molecule has 0 heterocycles. The van der Waals surface area contributed by atoms with Crippen LogP contribution in [0.25, 0.3) is 0 Å². The van der Waals surface area contributed by atoms with Crippen molar-refractivity contribution < 1.29 is 0 Å². The van der Waals surface area contributed by atoms with E-state index in [1.165, 1.54) is 55.4 Å². The normalized spacial score (nSPS) is 31.7. The van der Waals surface area contributed by atoms with Gasteiger partial charge in [-0.15, -0.1) is 6.58 Å². The molecule has 1 heteroatoms. The molecule has 0 aliphatic heterocycles. The van der Waals surface area contributed by atoms with Gasteiger partial charge < -0.3 is 5.32 Å². The molecule has 1 nitrogen and oxygen atoms in total. The van der Waals surface area contributed by atoms with Crippen LogP contribution in [0.5, 0.6) is 0 Å². The second kappa shape index (κ2) is 5.34. The van der Waals surface area contributed by atoms with E-state index in [4.69, 9.17) is 0 Å². The maximum Gasteiger partial charge on any atom is 0.0358 e. The van der Waals surface area contributed by atoms with E-state index in [2.05, 4.69) is 44.8 Å². The minimum atomic E-state index is 0.424. The molecule has 0 saturated heterocycles. The minimum Gasteiger partial charge on any atom is -0.382 e. The second-order valence-electron chi connectivity index (χ2n) is 6.15. The van der Waals surface area contributed by atoms with Crippen molar-refractivity contribution in [3.8, 4) is 0 Å². The number of rotatable bonds is 5. The summed E-state index contributed by atoms with van der Waals surface area (Å²) in [6.45, 7) is 10.8. The summed E-state index contributed by atoms with van der Waals surface area (Å²) >= 11 is 0. The zero-order chi connectivity index (χ0) is 13.2. The maximum atomic E-state index is 4.03. The van der Waals surface area contributed by atoms with Crippen molar-refractivity contribution in [1.29, 1.82) is 0 Å². The quantitative estimate of drug-likeness (QED) is 0.691. The summed E-state index contributed by atoms with van der Waals surface area (Å²) in [7, 11) is 0. The Balaban J connectivity index is 1.94. The van der Waals surface area contributed by atoms with Crippen molar-refractivity contribution in [2.24, 2.45) is 5.41 Å². The van der Waals surface area contributed by atoms with Gasteiger partial charge in [-0.2, -0.15) is 0 Å². The molecule has 0 radical (unpaired) electrons. The average molecular weight is 245 g/mol. The molecule has 2 aliphatic carbocycles. The minimum absolute atomic E-state index is 0.424. The molecule has 2 rings (SSSR count). The van der Waals surface area contributed by atoms with Gasteiger partial charge >= 0.3 is 0 Å². The standard InChI is InChI=1S/C17H27N/c1-5-10-17(6-2)11-15(12-17)18-16-13(3)8-7-9-14(16)4/h6,8,15,18H,2,5,7,9-12H2,1,3-4H3. The fourth-order valence-electron chi connectivity index (χ4n) is 3.50. The fraction of sp³-hybridized carbons (Fsp3) is 0.647. The van der Waals surface area contributed by atoms with Crippen LogP contribution in [-0.2, 0) is 0 Å². The molecule has 18 heavy (non-hydrogen) atoms. The Kier molecular flexibility index (Phi) is 3.99. The van der Waals surface area contributed by atoms with Crippen LogP contribution in [0.1, 0.15) is 59.3 Å². The molecule has 0 unspecified atom stereocenters. The molecule has 1 N–H and O–H groups in total. The smallest absolute Gasteiger partial charge is 0.0358 e. The first-order valence-corrected chi connectivity index (χ1v) is 7.37. The van der Waals surface area contributed by atoms with E-state index in [9.17, 15) is 0 Å². The number of nitrogens with one attached hydrogen (secondary N) is 1. The molecule has 0 aromatic rings. The van der Waals surface area contributed by atoms with Crippen LogP contribution in [0.4, 0.5) is 0 Å². The van der Waals surface area contributed by atoms with Gasteiger partial charge in [-0.3, -0.25) is 0 Å². The lowest BCUT2D eigenvalue weighted by atomic mass is 9.63. The predicted octanol–water partition coefficient (Wildman–Crippen LogP) is 4.73. The lowest BCUT2D eigenvalue weighted by Crippen LogP contribution is -2.48. The van der Waals surface area contributed by atoms with E-state index in [1.54, 1.807) is 0 Å². The summed E-state index contributed by atoms with van der Waals surface area (Å²) in [6, 6.07) is 0.654. The summed E-state index contributed by atoms with van der Waals surface area (Å²) in [5, 5.41) is 3.77. The van der Waals surface area contributed by atoms with Gasteiger partial charge in [0.1, 0.15) is 0 Å². The molecular formula is C17H27N. The van der Waals surface area contributed by atoms with Gasteiger partial charge in [-0.25, -0.2) is 0 Å². The van der Waals surface area contributed by atoms with Gasteiger partial charge in [0.15, 0.2) is 0 Å². The van der Waals surface area contributed by atoms with E-state index in [-0.39, 0.29) is 0 Å². The number of allylic oxidation sites excluding steroid dienone is 4. The number of hydrogen-bond donors (Lipinski definition) is 1. The summed E-state index contributed by atoms with van der Waals surface area (Å²) in [5.41, 5.74) is 4.81. The predicted molar refractivity (Wildman–Crippen MR) is 79.4 cm³/mol. The van der Waals surface area contributed by atoms with Crippen LogP contribution in [0.15, 0.2) is 35.6 Å². The molecule has 0 aromatic heterocycles. The van der Waals surface area contributed by atoms with Gasteiger partial charge in [0, 0.05) is 11.7 Å². The first-order valence-electron chi connectivity index (χ1n) is 7.37. The van der Waals surface area contributed by atoms with Gasteiger partial charge in [-0.05, 0) is 62.5 Å². The monoisotopic (exact) mass is 245 g/mol. The Morgan fingerprint density at radius 3 is 2.72 bits per heavy atom. The second-order valence-corrected chi connectivity index (χ2v) is 6.15. The van der Waals surface area contributed by atoms with E-state index in [0.29, 0.717) is 11.5 Å². The van der Waals surface area contributed by atoms with Crippen LogP contribution >= 0.6 is 0 Å². The van der Waals surface area contributed by atoms with Crippen molar-refractivity contribution in [2.75, 3.05) is 0 Å². The third-order valence-corrected chi connectivity index (χ3v) is 4.63. The van der Waals surface area contributed by atoms with Gasteiger partial charge in [-0.1, -0.05) is 25.5 Å². The lowest BCUT2D eigenvalue weighted by molar-refractivity contribution is 0.133. The molecule has 0 amide bonds. The molecule has 1 saturated carbocycles. The van der Waals surface area contributed by atoms with E-state index in [0.717, 1.165) is 0 Å². The highest BCUT2D eigenvalue weighted by molar-refractivity contribution is 5.35. The van der Waals surface area contributed by atoms with E-state index < -0.39 is 0 Å². The summed E-state index contributed by atoms with van der Waals surface area (Å²) in [4.78, 5) is 0. The molecule has 0 atom stereocenters. The van der Waals surface area contributed by atoms with Gasteiger partial charge in [0.25, 0.3) is 0 Å².